The van der Waals surface area contributed by atoms with Crippen molar-refractivity contribution in [3.63, 3.8) is 0 Å². The predicted molar refractivity (Wildman–Crippen MR) is 179 cm³/mol. The van der Waals surface area contributed by atoms with Gasteiger partial charge in [-0.15, -0.1) is 0 Å². The molecular weight excluding hydrogens is 496 g/mol. The fourth-order valence-corrected chi connectivity index (χ4v) is 6.26. The molecule has 2 nitrogen and oxygen atoms in total. The van der Waals surface area contributed by atoms with E-state index >= 15 is 0 Å². The normalized spacial score (nSPS) is 13.6. The van der Waals surface area contributed by atoms with Crippen LogP contribution >= 0.6 is 0 Å². The van der Waals surface area contributed by atoms with Crippen molar-refractivity contribution in [1.29, 1.82) is 0 Å². The van der Waals surface area contributed by atoms with Crippen LogP contribution < -0.4 is 0 Å². The Morgan fingerprint density at radius 2 is 0.951 bits per heavy atom. The Morgan fingerprint density at radius 1 is 0.463 bits per heavy atom. The Morgan fingerprint density at radius 3 is 1.63 bits per heavy atom. The lowest BCUT2D eigenvalue weighted by molar-refractivity contribution is -0.345. The van der Waals surface area contributed by atoms with Gasteiger partial charge in [0.2, 0.25) is 11.4 Å². The van der Waals surface area contributed by atoms with E-state index in [-0.39, 0.29) is 0 Å². The first kappa shape index (κ1) is 33.0. The molecule has 0 fully saturated rings. The Labute approximate surface area is 252 Å². The Hall–Kier alpha value is -2.48. The van der Waals surface area contributed by atoms with Gasteiger partial charge in [-0.1, -0.05) is 123 Å². The molecule has 0 aliphatic carbocycles. The molecule has 41 heavy (non-hydrogen) atoms. The molecule has 1 aliphatic rings. The summed E-state index contributed by atoms with van der Waals surface area (Å²) < 4.78 is 1.56. The van der Waals surface area contributed by atoms with E-state index in [9.17, 15) is 5.53 Å². The van der Waals surface area contributed by atoms with Gasteiger partial charge < -0.3 is 5.53 Å². The van der Waals surface area contributed by atoms with Crippen molar-refractivity contribution in [1.82, 2.24) is 0 Å². The van der Waals surface area contributed by atoms with Crippen LogP contribution in [0.5, 0.6) is 0 Å². The molecule has 0 saturated heterocycles. The van der Waals surface area contributed by atoms with Crippen LogP contribution in [0.25, 0.3) is 16.9 Å². The van der Waals surface area contributed by atoms with Crippen molar-refractivity contribution >= 4 is 11.4 Å². The Bertz CT molecular complexity index is 1120. The molecule has 0 bridgehead atoms. The van der Waals surface area contributed by atoms with Crippen molar-refractivity contribution in [3.05, 3.63) is 87.5 Å². The fraction of sp³-hybridized carbons (Fsp3) is 0.590. The minimum absolute atomic E-state index is 1.02. The molecule has 3 rings (SSSR count). The van der Waals surface area contributed by atoms with Gasteiger partial charge in [-0.3, -0.25) is 0 Å². The highest BCUT2D eigenvalue weighted by Gasteiger charge is 2.35. The largest absolute Gasteiger partial charge is 0.493 e. The van der Waals surface area contributed by atoms with Gasteiger partial charge in [-0.05, 0) is 86.8 Å². The molecule has 0 aromatic heterocycles. The lowest BCUT2D eigenvalue weighted by Crippen LogP contribution is -2.03. The van der Waals surface area contributed by atoms with E-state index in [1.165, 1.54) is 106 Å². The van der Waals surface area contributed by atoms with Crippen LogP contribution in [0.4, 0.5) is 0 Å². The second-order valence-corrected chi connectivity index (χ2v) is 12.3. The highest BCUT2D eigenvalue weighted by Crippen LogP contribution is 2.44. The zero-order valence-corrected chi connectivity index (χ0v) is 26.9. The number of hydrogen-bond donors (Lipinski definition) is 0. The van der Waals surface area contributed by atoms with E-state index in [1.54, 1.807) is 4.70 Å². The summed E-state index contributed by atoms with van der Waals surface area (Å²) >= 11 is 0. The van der Waals surface area contributed by atoms with Crippen molar-refractivity contribution in [2.75, 3.05) is 0 Å². The second kappa shape index (κ2) is 18.9. The molecule has 0 N–H and O–H groups in total. The summed E-state index contributed by atoms with van der Waals surface area (Å²) in [5, 5.41) is 0. The van der Waals surface area contributed by atoms with Gasteiger partial charge in [0, 0.05) is 22.3 Å². The maximum atomic E-state index is 11.9. The Balaban J connectivity index is 1.90. The monoisotopic (exact) mass is 554 g/mol. The third-order valence-corrected chi connectivity index (χ3v) is 8.74. The number of allylic oxidation sites excluding steroid dienone is 2. The lowest BCUT2D eigenvalue weighted by Gasteiger charge is -2.11. The number of aryl methyl sites for hydroxylation is 2. The smallest absolute Gasteiger partial charge is 0.211 e. The lowest BCUT2D eigenvalue weighted by atomic mass is 9.91. The van der Waals surface area contributed by atoms with Crippen LogP contribution in [-0.2, 0) is 12.8 Å². The highest BCUT2D eigenvalue weighted by atomic mass is 15.2. The van der Waals surface area contributed by atoms with Gasteiger partial charge >= 0.3 is 0 Å². The summed E-state index contributed by atoms with van der Waals surface area (Å²) in [6.07, 6.45) is 23.3. The SMILES string of the molecule is CCCCCCCCc1ccc(C2=C(CCCC)C(CCCCCC)=C(c3cccc(CCCCC)c3)[N+]2=[N-])cc1. The topological polar surface area (TPSA) is 25.3 Å². The van der Waals surface area contributed by atoms with Gasteiger partial charge in [-0.2, -0.15) is 0 Å². The molecule has 0 radical (unpaired) electrons. The summed E-state index contributed by atoms with van der Waals surface area (Å²) in [6, 6.07) is 18.1. The quantitative estimate of drug-likeness (QED) is 0.108. The number of rotatable bonds is 21. The van der Waals surface area contributed by atoms with Crippen LogP contribution in [0, 0.1) is 0 Å². The van der Waals surface area contributed by atoms with Gasteiger partial charge in [-0.25, -0.2) is 4.70 Å². The first-order valence-electron chi connectivity index (χ1n) is 17.3. The molecular formula is C39H58N2. The zero-order chi connectivity index (χ0) is 29.3. The van der Waals surface area contributed by atoms with E-state index in [1.807, 2.05) is 0 Å². The van der Waals surface area contributed by atoms with Crippen molar-refractivity contribution < 1.29 is 4.70 Å². The fourth-order valence-electron chi connectivity index (χ4n) is 6.26. The molecule has 0 spiro atoms. The van der Waals surface area contributed by atoms with Gasteiger partial charge in [0.15, 0.2) is 0 Å². The number of hydrogen-bond acceptors (Lipinski definition) is 0. The molecule has 2 aromatic carbocycles. The van der Waals surface area contributed by atoms with E-state index < -0.39 is 0 Å². The summed E-state index contributed by atoms with van der Waals surface area (Å²) in [6.45, 7) is 9.09. The molecule has 0 unspecified atom stereocenters. The van der Waals surface area contributed by atoms with Crippen LogP contribution in [-0.4, -0.2) is 4.70 Å². The maximum absolute atomic E-state index is 11.9. The van der Waals surface area contributed by atoms with Crippen LogP contribution in [0.3, 0.4) is 0 Å². The van der Waals surface area contributed by atoms with Gasteiger partial charge in [0.25, 0.3) is 0 Å². The molecule has 0 atom stereocenters. The van der Waals surface area contributed by atoms with E-state index in [0.29, 0.717) is 0 Å². The number of nitrogens with zero attached hydrogens (tertiary/aromatic N) is 2. The first-order valence-corrected chi connectivity index (χ1v) is 17.3. The highest BCUT2D eigenvalue weighted by molar-refractivity contribution is 5.82. The Kier molecular flexibility index (Phi) is 15.2. The molecule has 1 aliphatic heterocycles. The minimum atomic E-state index is 1.02. The standard InChI is InChI=1S/C39H58N2/c1-5-9-13-15-16-18-21-32-27-29-34(30-28-32)38-36(25-12-8-4)37(26-19-14-10-6-2)39(41(38)40)35-24-20-23-33(31-35)22-17-11-7-3/h20,23-24,27-31H,5-19,21-22,25-26H2,1-4H3. The molecule has 2 aromatic rings. The van der Waals surface area contributed by atoms with Crippen LogP contribution in [0.2, 0.25) is 0 Å². The van der Waals surface area contributed by atoms with E-state index in [0.717, 1.165) is 61.0 Å². The summed E-state index contributed by atoms with van der Waals surface area (Å²) in [5.41, 5.74) is 21.8. The summed E-state index contributed by atoms with van der Waals surface area (Å²) in [4.78, 5) is 0. The first-order chi connectivity index (χ1) is 20.1. The second-order valence-electron chi connectivity index (χ2n) is 12.3. The van der Waals surface area contributed by atoms with Crippen LogP contribution in [0.1, 0.15) is 159 Å². The third kappa shape index (κ3) is 10.1. The van der Waals surface area contributed by atoms with E-state index in [4.69, 9.17) is 0 Å². The summed E-state index contributed by atoms with van der Waals surface area (Å²) in [5.74, 6) is 0. The van der Waals surface area contributed by atoms with Gasteiger partial charge in [0.05, 0.1) is 0 Å². The molecule has 2 heteroatoms. The molecule has 0 amide bonds. The van der Waals surface area contributed by atoms with Crippen molar-refractivity contribution in [2.45, 2.75) is 150 Å². The average Bonchev–Trinajstić information content (AvgIpc) is 3.27. The zero-order valence-electron chi connectivity index (χ0n) is 26.9. The minimum Gasteiger partial charge on any atom is -0.493 e. The molecule has 1 heterocycles. The third-order valence-electron chi connectivity index (χ3n) is 8.74. The van der Waals surface area contributed by atoms with Crippen molar-refractivity contribution in [2.24, 2.45) is 0 Å². The van der Waals surface area contributed by atoms with Crippen LogP contribution in [0.15, 0.2) is 59.7 Å². The van der Waals surface area contributed by atoms with E-state index in [2.05, 4.69) is 76.2 Å². The maximum Gasteiger partial charge on any atom is 0.211 e. The van der Waals surface area contributed by atoms with Gasteiger partial charge in [0.1, 0.15) is 0 Å². The average molecular weight is 555 g/mol. The van der Waals surface area contributed by atoms with Crippen molar-refractivity contribution in [3.8, 4) is 0 Å². The molecule has 0 saturated carbocycles. The number of benzene rings is 2. The predicted octanol–water partition coefficient (Wildman–Crippen LogP) is 12.7. The summed E-state index contributed by atoms with van der Waals surface area (Å²) in [7, 11) is 0. The number of unbranched alkanes of at least 4 members (excludes halogenated alkanes) is 11. The molecule has 224 valence electrons.